The van der Waals surface area contributed by atoms with Crippen molar-refractivity contribution in [3.05, 3.63) is 47.8 Å². The Labute approximate surface area is 177 Å². The molecular weight excluding hydrogens is 404 g/mol. The first-order valence-electron chi connectivity index (χ1n) is 10.2. The number of fused-ring (bicyclic) bond motifs is 1. The maximum Gasteiger partial charge on any atom is 0.270 e. The predicted molar refractivity (Wildman–Crippen MR) is 115 cm³/mol. The molecule has 0 bridgehead atoms. The van der Waals surface area contributed by atoms with Gasteiger partial charge in [-0.05, 0) is 30.7 Å². The molecule has 0 aliphatic carbocycles. The van der Waals surface area contributed by atoms with Crippen LogP contribution in [-0.4, -0.2) is 74.2 Å². The van der Waals surface area contributed by atoms with Gasteiger partial charge in [0.15, 0.2) is 0 Å². The van der Waals surface area contributed by atoms with Gasteiger partial charge in [-0.2, -0.15) is 4.31 Å². The predicted octanol–water partition coefficient (Wildman–Crippen LogP) is 1.62. The number of anilines is 1. The Morgan fingerprint density at radius 1 is 1.00 bits per heavy atom. The number of aromatic nitrogens is 1. The molecule has 1 aromatic carbocycles. The summed E-state index contributed by atoms with van der Waals surface area (Å²) in [7, 11) is -1.59. The zero-order chi connectivity index (χ0) is 21.3. The fourth-order valence-corrected chi connectivity index (χ4v) is 5.01. The summed E-state index contributed by atoms with van der Waals surface area (Å²) in [4.78, 5) is 17.3. The fraction of sp³-hybridized carbons (Fsp3) is 0.476. The van der Waals surface area contributed by atoms with Crippen molar-refractivity contribution in [2.75, 3.05) is 51.0 Å². The monoisotopic (exact) mass is 432 g/mol. The third-order valence-electron chi connectivity index (χ3n) is 5.87. The summed E-state index contributed by atoms with van der Waals surface area (Å²) in [6, 6.07) is 11.7. The lowest BCUT2D eigenvalue weighted by atomic mass is 10.2. The van der Waals surface area contributed by atoms with Gasteiger partial charge in [-0.15, -0.1) is 0 Å². The molecule has 30 heavy (non-hydrogen) atoms. The van der Waals surface area contributed by atoms with Crippen LogP contribution in [0, 0.1) is 0 Å². The summed E-state index contributed by atoms with van der Waals surface area (Å²) < 4.78 is 32.7. The van der Waals surface area contributed by atoms with Crippen LogP contribution in [0.25, 0.3) is 0 Å². The Kier molecular flexibility index (Phi) is 5.75. The lowest BCUT2D eigenvalue weighted by Crippen LogP contribution is -2.49. The third kappa shape index (κ3) is 4.17. The van der Waals surface area contributed by atoms with Crippen LogP contribution in [0.15, 0.2) is 36.4 Å². The van der Waals surface area contributed by atoms with E-state index in [4.69, 9.17) is 4.74 Å². The molecule has 1 fully saturated rings. The van der Waals surface area contributed by atoms with Crippen molar-refractivity contribution in [1.29, 1.82) is 0 Å². The summed E-state index contributed by atoms with van der Waals surface area (Å²) in [5, 5.41) is 0. The quantitative estimate of drug-likeness (QED) is 0.734. The molecule has 2 aliphatic heterocycles. The minimum Gasteiger partial charge on any atom is -0.497 e. The normalized spacial score (nSPS) is 18.1. The maximum absolute atomic E-state index is 13.2. The van der Waals surface area contributed by atoms with Crippen LogP contribution >= 0.6 is 0 Å². The first-order valence-corrected chi connectivity index (χ1v) is 12.0. The highest BCUT2D eigenvalue weighted by Gasteiger charge is 2.28. The Hall–Kier alpha value is -2.52. The fourth-order valence-electron chi connectivity index (χ4n) is 4.18. The van der Waals surface area contributed by atoms with Crippen LogP contribution in [0.3, 0.4) is 0 Å². The highest BCUT2D eigenvalue weighted by atomic mass is 32.2. The molecule has 2 aliphatic rings. The van der Waals surface area contributed by atoms with E-state index in [2.05, 4.69) is 11.0 Å². The molecule has 9 heteroatoms. The number of carbonyl (C=O) groups excluding carboxylic acids is 1. The number of benzene rings is 1. The molecule has 0 spiro atoms. The number of piperazine rings is 1. The summed E-state index contributed by atoms with van der Waals surface area (Å²) in [6.45, 7) is 4.25. The molecule has 4 rings (SSSR count). The van der Waals surface area contributed by atoms with E-state index in [0.29, 0.717) is 44.8 Å². The second kappa shape index (κ2) is 8.31. The van der Waals surface area contributed by atoms with E-state index in [1.165, 1.54) is 10.6 Å². The van der Waals surface area contributed by atoms with Gasteiger partial charge < -0.3 is 19.1 Å². The van der Waals surface area contributed by atoms with E-state index in [1.807, 2.05) is 39.8 Å². The van der Waals surface area contributed by atoms with Gasteiger partial charge in [0.2, 0.25) is 10.0 Å². The number of hydrogen-bond donors (Lipinski definition) is 0. The van der Waals surface area contributed by atoms with Crippen LogP contribution in [0.4, 0.5) is 5.69 Å². The first-order chi connectivity index (χ1) is 14.4. The molecule has 1 aromatic heterocycles. The van der Waals surface area contributed by atoms with Gasteiger partial charge in [0.25, 0.3) is 5.91 Å². The molecule has 0 saturated carbocycles. The minimum atomic E-state index is -3.25. The molecule has 8 nitrogen and oxygen atoms in total. The van der Waals surface area contributed by atoms with Crippen LogP contribution in [-0.2, 0) is 23.1 Å². The highest BCUT2D eigenvalue weighted by Crippen LogP contribution is 2.24. The van der Waals surface area contributed by atoms with Crippen LogP contribution in [0.2, 0.25) is 0 Å². The van der Waals surface area contributed by atoms with E-state index in [9.17, 15) is 13.2 Å². The summed E-state index contributed by atoms with van der Waals surface area (Å²) in [5.74, 6) is 0.837. The average Bonchev–Trinajstić information content (AvgIpc) is 3.01. The number of nitrogens with zero attached hydrogens (tertiary/aromatic N) is 4. The van der Waals surface area contributed by atoms with Crippen molar-refractivity contribution in [3.63, 3.8) is 0 Å². The first kappa shape index (κ1) is 20.7. The molecule has 0 unspecified atom stereocenters. The van der Waals surface area contributed by atoms with E-state index in [1.54, 1.807) is 7.11 Å². The van der Waals surface area contributed by atoms with Gasteiger partial charge in [0.05, 0.1) is 19.9 Å². The molecular formula is C21H28N4O4S. The molecule has 0 radical (unpaired) electrons. The average molecular weight is 433 g/mol. The van der Waals surface area contributed by atoms with Gasteiger partial charge >= 0.3 is 0 Å². The second-order valence-electron chi connectivity index (χ2n) is 7.79. The van der Waals surface area contributed by atoms with Crippen molar-refractivity contribution < 1.29 is 17.9 Å². The summed E-state index contributed by atoms with van der Waals surface area (Å²) in [6.07, 6.45) is 1.93. The van der Waals surface area contributed by atoms with Gasteiger partial charge in [-0.25, -0.2) is 8.42 Å². The maximum atomic E-state index is 13.2. The standard InChI is InChI=1S/C21H28N4O4S/c1-29-19-6-3-5-17(15-19)22-11-13-23(14-12-22)21(26)20-8-7-18-16-24(30(2,27)28)9-4-10-25(18)20/h3,5-8,15H,4,9-14,16H2,1-2H3. The number of ether oxygens (including phenoxy) is 1. The van der Waals surface area contributed by atoms with Crippen molar-refractivity contribution in [1.82, 2.24) is 13.8 Å². The van der Waals surface area contributed by atoms with Crippen LogP contribution in [0.1, 0.15) is 22.6 Å². The largest absolute Gasteiger partial charge is 0.497 e. The van der Waals surface area contributed by atoms with Crippen molar-refractivity contribution >= 4 is 21.6 Å². The molecule has 1 saturated heterocycles. The van der Waals surface area contributed by atoms with Crippen LogP contribution < -0.4 is 9.64 Å². The Morgan fingerprint density at radius 3 is 2.47 bits per heavy atom. The smallest absolute Gasteiger partial charge is 0.270 e. The molecule has 162 valence electrons. The molecule has 0 N–H and O–H groups in total. The lowest BCUT2D eigenvalue weighted by Gasteiger charge is -2.36. The minimum absolute atomic E-state index is 0.0133. The van der Waals surface area contributed by atoms with Crippen molar-refractivity contribution in [2.45, 2.75) is 19.5 Å². The van der Waals surface area contributed by atoms with E-state index in [0.717, 1.165) is 30.2 Å². The van der Waals surface area contributed by atoms with Gasteiger partial charge in [0, 0.05) is 56.7 Å². The summed E-state index contributed by atoms with van der Waals surface area (Å²) in [5.41, 5.74) is 2.62. The van der Waals surface area contributed by atoms with Gasteiger partial charge in [-0.3, -0.25) is 4.79 Å². The molecule has 2 aromatic rings. The third-order valence-corrected chi connectivity index (χ3v) is 7.12. The van der Waals surface area contributed by atoms with Crippen molar-refractivity contribution in [3.8, 4) is 5.75 Å². The van der Waals surface area contributed by atoms with Crippen molar-refractivity contribution in [2.24, 2.45) is 0 Å². The molecule has 1 amide bonds. The Balaban J connectivity index is 1.45. The van der Waals surface area contributed by atoms with Gasteiger partial charge in [0.1, 0.15) is 11.4 Å². The van der Waals surface area contributed by atoms with E-state index < -0.39 is 10.0 Å². The Bertz CT molecular complexity index is 1030. The molecule has 3 heterocycles. The number of amides is 1. The zero-order valence-electron chi connectivity index (χ0n) is 17.5. The lowest BCUT2D eigenvalue weighted by molar-refractivity contribution is 0.0735. The Morgan fingerprint density at radius 2 is 1.77 bits per heavy atom. The van der Waals surface area contributed by atoms with E-state index in [-0.39, 0.29) is 5.91 Å². The SMILES string of the molecule is COc1cccc(N2CCN(C(=O)c3ccc4n3CCCN(S(C)(=O)=O)C4)CC2)c1. The van der Waals surface area contributed by atoms with E-state index >= 15 is 0 Å². The second-order valence-corrected chi connectivity index (χ2v) is 9.77. The number of methoxy groups -OCH3 is 1. The summed E-state index contributed by atoms with van der Waals surface area (Å²) >= 11 is 0. The number of hydrogen-bond acceptors (Lipinski definition) is 5. The number of sulfonamides is 1. The van der Waals surface area contributed by atoms with Crippen LogP contribution in [0.5, 0.6) is 5.75 Å². The highest BCUT2D eigenvalue weighted by molar-refractivity contribution is 7.88. The number of carbonyl (C=O) groups is 1. The molecule has 0 atom stereocenters. The zero-order valence-corrected chi connectivity index (χ0v) is 18.3. The topological polar surface area (TPSA) is 75.1 Å². The number of rotatable bonds is 4. The van der Waals surface area contributed by atoms with Gasteiger partial charge in [-0.1, -0.05) is 6.07 Å².